The molecule has 0 radical (unpaired) electrons. The van der Waals surface area contributed by atoms with Crippen LogP contribution in [0, 0.1) is 6.92 Å². The fourth-order valence-electron chi connectivity index (χ4n) is 1.31. The predicted molar refractivity (Wildman–Crippen MR) is 69.1 cm³/mol. The van der Waals surface area contributed by atoms with Gasteiger partial charge in [-0.15, -0.1) is 0 Å². The van der Waals surface area contributed by atoms with Crippen LogP contribution in [0.1, 0.15) is 25.2 Å². The van der Waals surface area contributed by atoms with E-state index in [1.165, 1.54) is 21.0 Å². The molecule has 0 aromatic carbocycles. The van der Waals surface area contributed by atoms with E-state index in [-0.39, 0.29) is 5.75 Å². The highest BCUT2D eigenvalue weighted by molar-refractivity contribution is 7.86. The molecule has 0 aliphatic rings. The van der Waals surface area contributed by atoms with E-state index in [4.69, 9.17) is 9.84 Å². The molecule has 1 unspecified atom stereocenters. The van der Waals surface area contributed by atoms with Crippen molar-refractivity contribution in [2.45, 2.75) is 31.3 Å². The van der Waals surface area contributed by atoms with Crippen molar-refractivity contribution < 1.29 is 18.8 Å². The van der Waals surface area contributed by atoms with Gasteiger partial charge in [-0.1, -0.05) is 0 Å². The molecule has 0 fully saturated rings. The number of carboxylic acid groups (broad SMARTS) is 1. The van der Waals surface area contributed by atoms with Crippen molar-refractivity contribution >= 4 is 16.8 Å². The van der Waals surface area contributed by atoms with Crippen LogP contribution >= 0.6 is 0 Å². The van der Waals surface area contributed by atoms with E-state index in [0.717, 1.165) is 5.69 Å². The highest BCUT2D eigenvalue weighted by atomic mass is 32.2. The standard InChI is InChI=1S/C12H17NO4S/c1-8-5-10(17-4)6-9(13-8)7-18(16)12(2,3)11(14)15/h5-6H,7H2,1-4H3,(H,14,15). The van der Waals surface area contributed by atoms with E-state index < -0.39 is 21.5 Å². The Labute approximate surface area is 109 Å². The van der Waals surface area contributed by atoms with Crippen molar-refractivity contribution in [3.05, 3.63) is 23.5 Å². The van der Waals surface area contributed by atoms with E-state index >= 15 is 0 Å². The molecule has 1 atom stereocenters. The number of hydrogen-bond acceptors (Lipinski definition) is 4. The molecule has 5 nitrogen and oxygen atoms in total. The Balaban J connectivity index is 2.95. The Bertz CT molecular complexity index is 485. The number of carboxylic acids is 1. The normalized spacial score (nSPS) is 13.1. The lowest BCUT2D eigenvalue weighted by molar-refractivity contribution is -0.139. The fraction of sp³-hybridized carbons (Fsp3) is 0.500. The molecule has 0 spiro atoms. The second-order valence-electron chi connectivity index (χ2n) is 4.45. The topological polar surface area (TPSA) is 76.5 Å². The van der Waals surface area contributed by atoms with Gasteiger partial charge in [0.2, 0.25) is 0 Å². The van der Waals surface area contributed by atoms with Crippen LogP contribution in [-0.2, 0) is 21.3 Å². The summed E-state index contributed by atoms with van der Waals surface area (Å²) in [6, 6.07) is 3.43. The SMILES string of the molecule is COc1cc(C)nc(CS(=O)C(C)(C)C(=O)O)c1. The van der Waals surface area contributed by atoms with Crippen molar-refractivity contribution in [2.75, 3.05) is 7.11 Å². The molecule has 1 aromatic heterocycles. The Morgan fingerprint density at radius 1 is 1.50 bits per heavy atom. The number of aromatic nitrogens is 1. The second-order valence-corrected chi connectivity index (χ2v) is 6.45. The summed E-state index contributed by atoms with van der Waals surface area (Å²) < 4.78 is 15.8. The number of rotatable bonds is 5. The third-order valence-electron chi connectivity index (χ3n) is 2.58. The number of hydrogen-bond donors (Lipinski definition) is 1. The number of aliphatic carboxylic acids is 1. The number of methoxy groups -OCH3 is 1. The van der Waals surface area contributed by atoms with Gasteiger partial charge in [0.05, 0.1) is 18.6 Å². The van der Waals surface area contributed by atoms with Crippen molar-refractivity contribution in [3.63, 3.8) is 0 Å². The maximum absolute atomic E-state index is 12.0. The molecule has 1 heterocycles. The summed E-state index contributed by atoms with van der Waals surface area (Å²) in [6.45, 7) is 4.69. The van der Waals surface area contributed by atoms with Gasteiger partial charge in [-0.25, -0.2) is 0 Å². The van der Waals surface area contributed by atoms with Crippen molar-refractivity contribution in [1.82, 2.24) is 4.98 Å². The van der Waals surface area contributed by atoms with Crippen LogP contribution in [0.15, 0.2) is 12.1 Å². The summed E-state index contributed by atoms with van der Waals surface area (Å²) in [6.07, 6.45) is 0. The Morgan fingerprint density at radius 2 is 2.11 bits per heavy atom. The minimum Gasteiger partial charge on any atom is -0.497 e. The third-order valence-corrected chi connectivity index (χ3v) is 4.45. The molecule has 0 saturated carbocycles. The molecule has 0 saturated heterocycles. The molecule has 6 heteroatoms. The Kier molecular flexibility index (Phi) is 4.45. The highest BCUT2D eigenvalue weighted by Crippen LogP contribution is 2.20. The number of ether oxygens (including phenoxy) is 1. The zero-order valence-electron chi connectivity index (χ0n) is 10.9. The number of pyridine rings is 1. The second kappa shape index (κ2) is 5.48. The Hall–Kier alpha value is -1.43. The minimum atomic E-state index is -1.55. The lowest BCUT2D eigenvalue weighted by atomic mass is 10.2. The summed E-state index contributed by atoms with van der Waals surface area (Å²) in [4.78, 5) is 15.2. The van der Waals surface area contributed by atoms with Gasteiger partial charge in [-0.2, -0.15) is 0 Å². The third kappa shape index (κ3) is 3.29. The van der Waals surface area contributed by atoms with Crippen LogP contribution in [0.5, 0.6) is 5.75 Å². The molecule has 0 amide bonds. The maximum atomic E-state index is 12.0. The van der Waals surface area contributed by atoms with Gasteiger partial charge >= 0.3 is 5.97 Å². The highest BCUT2D eigenvalue weighted by Gasteiger charge is 2.34. The van der Waals surface area contributed by atoms with Gasteiger partial charge in [0.15, 0.2) is 0 Å². The Morgan fingerprint density at radius 3 is 2.61 bits per heavy atom. The largest absolute Gasteiger partial charge is 0.497 e. The minimum absolute atomic E-state index is 0.0946. The zero-order chi connectivity index (χ0) is 13.9. The van der Waals surface area contributed by atoms with Crippen molar-refractivity contribution in [3.8, 4) is 5.75 Å². The van der Waals surface area contributed by atoms with Crippen LogP contribution in [-0.4, -0.2) is 32.1 Å². The predicted octanol–water partition coefficient (Wildman–Crippen LogP) is 1.51. The summed E-state index contributed by atoms with van der Waals surface area (Å²) >= 11 is 0. The van der Waals surface area contributed by atoms with Gasteiger partial charge in [0.25, 0.3) is 0 Å². The summed E-state index contributed by atoms with van der Waals surface area (Å²) in [5, 5.41) is 9.01. The van der Waals surface area contributed by atoms with Gasteiger partial charge < -0.3 is 9.84 Å². The summed E-state index contributed by atoms with van der Waals surface area (Å²) in [7, 11) is -0.00917. The molecule has 100 valence electrons. The van der Waals surface area contributed by atoms with Crippen LogP contribution in [0.2, 0.25) is 0 Å². The van der Waals surface area contributed by atoms with E-state index in [9.17, 15) is 9.00 Å². The molecule has 1 rings (SSSR count). The van der Waals surface area contributed by atoms with Crippen LogP contribution in [0.3, 0.4) is 0 Å². The number of nitrogens with zero attached hydrogens (tertiary/aromatic N) is 1. The lowest BCUT2D eigenvalue weighted by Crippen LogP contribution is -2.37. The van der Waals surface area contributed by atoms with E-state index in [2.05, 4.69) is 4.98 Å². The van der Waals surface area contributed by atoms with Crippen molar-refractivity contribution in [1.29, 1.82) is 0 Å². The first-order valence-corrected chi connectivity index (χ1v) is 6.72. The molecular weight excluding hydrogens is 254 g/mol. The fourth-order valence-corrected chi connectivity index (χ4v) is 2.28. The molecule has 1 aromatic rings. The van der Waals surface area contributed by atoms with Crippen LogP contribution in [0.25, 0.3) is 0 Å². The van der Waals surface area contributed by atoms with Gasteiger partial charge in [-0.3, -0.25) is 14.0 Å². The van der Waals surface area contributed by atoms with E-state index in [1.54, 1.807) is 19.1 Å². The molecule has 0 bridgehead atoms. The number of aryl methyl sites for hydroxylation is 1. The average Bonchev–Trinajstić information content (AvgIpc) is 2.27. The van der Waals surface area contributed by atoms with Gasteiger partial charge in [0.1, 0.15) is 10.5 Å². The van der Waals surface area contributed by atoms with Crippen LogP contribution in [0.4, 0.5) is 0 Å². The van der Waals surface area contributed by atoms with E-state index in [1.807, 2.05) is 0 Å². The van der Waals surface area contributed by atoms with Crippen molar-refractivity contribution in [2.24, 2.45) is 0 Å². The quantitative estimate of drug-likeness (QED) is 0.878. The first-order chi connectivity index (χ1) is 8.27. The molecule has 0 aliphatic carbocycles. The zero-order valence-corrected chi connectivity index (χ0v) is 11.7. The summed E-state index contributed by atoms with van der Waals surface area (Å²) in [5.74, 6) is -0.361. The van der Waals surface area contributed by atoms with Crippen LogP contribution < -0.4 is 4.74 Å². The lowest BCUT2D eigenvalue weighted by Gasteiger charge is -2.18. The number of carbonyl (C=O) groups is 1. The molecule has 1 N–H and O–H groups in total. The maximum Gasteiger partial charge on any atom is 0.321 e. The molecular formula is C12H17NO4S. The first kappa shape index (κ1) is 14.6. The average molecular weight is 271 g/mol. The van der Waals surface area contributed by atoms with Gasteiger partial charge in [0, 0.05) is 28.6 Å². The molecule has 18 heavy (non-hydrogen) atoms. The van der Waals surface area contributed by atoms with Gasteiger partial charge in [-0.05, 0) is 20.8 Å². The van der Waals surface area contributed by atoms with E-state index in [0.29, 0.717) is 11.4 Å². The molecule has 0 aliphatic heterocycles. The first-order valence-electron chi connectivity index (χ1n) is 5.41. The summed E-state index contributed by atoms with van der Waals surface area (Å²) in [5.41, 5.74) is 1.31. The smallest absolute Gasteiger partial charge is 0.321 e. The monoisotopic (exact) mass is 271 g/mol.